The second-order valence-corrected chi connectivity index (χ2v) is 9.56. The number of benzene rings is 1. The molecule has 1 aromatic heterocycles. The lowest BCUT2D eigenvalue weighted by Gasteiger charge is -2.19. The average Bonchev–Trinajstić information content (AvgIpc) is 3.12. The monoisotopic (exact) mass is 377 g/mol. The maximum Gasteiger partial charge on any atom is 0.222 e. The van der Waals surface area contributed by atoms with Crippen molar-refractivity contribution in [2.24, 2.45) is 5.92 Å². The Labute approximate surface area is 155 Å². The molecule has 5 nitrogen and oxygen atoms in total. The third kappa shape index (κ3) is 4.29. The molecular formula is C20H27NO4S. The fourth-order valence-electron chi connectivity index (χ4n) is 3.62. The van der Waals surface area contributed by atoms with E-state index in [-0.39, 0.29) is 23.3 Å². The van der Waals surface area contributed by atoms with Crippen LogP contribution in [-0.4, -0.2) is 37.8 Å². The summed E-state index contributed by atoms with van der Waals surface area (Å²) in [5, 5.41) is 1.06. The number of nitrogens with zero attached hydrogens (tertiary/aromatic N) is 1. The topological polar surface area (TPSA) is 67.6 Å². The first-order chi connectivity index (χ1) is 12.4. The van der Waals surface area contributed by atoms with E-state index in [0.717, 1.165) is 41.6 Å². The van der Waals surface area contributed by atoms with Gasteiger partial charge in [0, 0.05) is 37.4 Å². The Morgan fingerprint density at radius 3 is 2.77 bits per heavy atom. The number of unbranched alkanes of at least 4 members (excludes halogenated alkanes) is 1. The molecule has 1 aliphatic heterocycles. The molecule has 1 amide bonds. The third-order valence-electron chi connectivity index (χ3n) is 5.15. The van der Waals surface area contributed by atoms with Crippen molar-refractivity contribution in [2.75, 3.05) is 18.6 Å². The molecule has 26 heavy (non-hydrogen) atoms. The van der Waals surface area contributed by atoms with Gasteiger partial charge in [-0.1, -0.05) is 31.5 Å². The van der Waals surface area contributed by atoms with E-state index in [1.807, 2.05) is 24.3 Å². The molecule has 1 aromatic carbocycles. The van der Waals surface area contributed by atoms with Gasteiger partial charge in [0.05, 0.1) is 11.5 Å². The first kappa shape index (κ1) is 19.0. The SMILES string of the molecule is CCCCc1oc2ccccc2c1CN(C)C(=O)CC1CCS(=O)(=O)C1. The summed E-state index contributed by atoms with van der Waals surface area (Å²) in [7, 11) is -1.16. The van der Waals surface area contributed by atoms with Crippen molar-refractivity contribution >= 4 is 26.7 Å². The van der Waals surface area contributed by atoms with Gasteiger partial charge in [-0.05, 0) is 24.8 Å². The van der Waals surface area contributed by atoms with Gasteiger partial charge < -0.3 is 9.32 Å². The molecule has 1 aliphatic rings. The molecule has 1 saturated heterocycles. The number of carbonyl (C=O) groups excluding carboxylic acids is 1. The zero-order chi connectivity index (χ0) is 18.7. The first-order valence-electron chi connectivity index (χ1n) is 9.33. The van der Waals surface area contributed by atoms with E-state index in [4.69, 9.17) is 4.42 Å². The highest BCUT2D eigenvalue weighted by Crippen LogP contribution is 2.29. The van der Waals surface area contributed by atoms with Crippen LogP contribution in [0.15, 0.2) is 28.7 Å². The van der Waals surface area contributed by atoms with Gasteiger partial charge in [0.2, 0.25) is 5.91 Å². The molecule has 0 N–H and O–H groups in total. The molecule has 1 atom stereocenters. The Kier molecular flexibility index (Phi) is 5.70. The Balaban J connectivity index is 1.73. The van der Waals surface area contributed by atoms with Crippen LogP contribution in [0.3, 0.4) is 0 Å². The molecule has 1 unspecified atom stereocenters. The maximum absolute atomic E-state index is 12.6. The van der Waals surface area contributed by atoms with Crippen molar-refractivity contribution in [3.05, 3.63) is 35.6 Å². The number of furan rings is 1. The number of fused-ring (bicyclic) bond motifs is 1. The molecule has 2 aromatic rings. The Morgan fingerprint density at radius 1 is 1.31 bits per heavy atom. The number of aryl methyl sites for hydroxylation is 1. The van der Waals surface area contributed by atoms with Crippen molar-refractivity contribution in [2.45, 2.75) is 45.6 Å². The third-order valence-corrected chi connectivity index (χ3v) is 6.99. The number of hydrogen-bond acceptors (Lipinski definition) is 4. The van der Waals surface area contributed by atoms with Crippen LogP contribution in [0.5, 0.6) is 0 Å². The molecule has 0 radical (unpaired) electrons. The van der Waals surface area contributed by atoms with Gasteiger partial charge >= 0.3 is 0 Å². The zero-order valence-electron chi connectivity index (χ0n) is 15.5. The first-order valence-corrected chi connectivity index (χ1v) is 11.2. The Bertz CT molecular complexity index is 884. The highest BCUT2D eigenvalue weighted by molar-refractivity contribution is 7.91. The maximum atomic E-state index is 12.6. The van der Waals surface area contributed by atoms with Crippen LogP contribution in [0.4, 0.5) is 0 Å². The molecule has 0 aliphatic carbocycles. The lowest BCUT2D eigenvalue weighted by atomic mass is 10.0. The molecule has 0 saturated carbocycles. The summed E-state index contributed by atoms with van der Waals surface area (Å²) in [6.07, 6.45) is 3.89. The molecule has 6 heteroatoms. The van der Waals surface area contributed by atoms with E-state index in [2.05, 4.69) is 6.92 Å². The number of carbonyl (C=O) groups is 1. The molecular weight excluding hydrogens is 350 g/mol. The summed E-state index contributed by atoms with van der Waals surface area (Å²) >= 11 is 0. The van der Waals surface area contributed by atoms with Gasteiger partial charge in [0.25, 0.3) is 0 Å². The van der Waals surface area contributed by atoms with Crippen LogP contribution in [0, 0.1) is 5.92 Å². The zero-order valence-corrected chi connectivity index (χ0v) is 16.3. The van der Waals surface area contributed by atoms with Crippen LogP contribution >= 0.6 is 0 Å². The van der Waals surface area contributed by atoms with Gasteiger partial charge in [-0.25, -0.2) is 8.42 Å². The fraction of sp³-hybridized carbons (Fsp3) is 0.550. The number of amides is 1. The average molecular weight is 378 g/mol. The summed E-state index contributed by atoms with van der Waals surface area (Å²) in [6.45, 7) is 2.64. The quantitative estimate of drug-likeness (QED) is 0.740. The second-order valence-electron chi connectivity index (χ2n) is 7.33. The highest BCUT2D eigenvalue weighted by atomic mass is 32.2. The van der Waals surface area contributed by atoms with Crippen molar-refractivity contribution in [1.82, 2.24) is 4.90 Å². The largest absolute Gasteiger partial charge is 0.461 e. The van der Waals surface area contributed by atoms with Crippen LogP contribution in [0.2, 0.25) is 0 Å². The van der Waals surface area contributed by atoms with Gasteiger partial charge in [-0.15, -0.1) is 0 Å². The normalized spacial score (nSPS) is 19.1. The van der Waals surface area contributed by atoms with E-state index in [1.54, 1.807) is 11.9 Å². The van der Waals surface area contributed by atoms with Crippen molar-refractivity contribution in [1.29, 1.82) is 0 Å². The van der Waals surface area contributed by atoms with Crippen LogP contribution in [0.1, 0.15) is 43.9 Å². The minimum absolute atomic E-state index is 0.00109. The Morgan fingerprint density at radius 2 is 2.08 bits per heavy atom. The lowest BCUT2D eigenvalue weighted by Crippen LogP contribution is -2.28. The lowest BCUT2D eigenvalue weighted by molar-refractivity contribution is -0.131. The van der Waals surface area contributed by atoms with Crippen LogP contribution in [-0.2, 0) is 27.6 Å². The molecule has 142 valence electrons. The van der Waals surface area contributed by atoms with Crippen molar-refractivity contribution in [3.63, 3.8) is 0 Å². The molecule has 0 bridgehead atoms. The molecule has 2 heterocycles. The Hall–Kier alpha value is -1.82. The fourth-order valence-corrected chi connectivity index (χ4v) is 5.49. The molecule has 0 spiro atoms. The number of para-hydroxylation sites is 1. The summed E-state index contributed by atoms with van der Waals surface area (Å²) in [5.41, 5.74) is 1.93. The summed E-state index contributed by atoms with van der Waals surface area (Å²) < 4.78 is 29.2. The standard InChI is InChI=1S/C20H27NO4S/c1-3-4-8-19-17(16-7-5-6-9-18(16)25-19)13-21(2)20(22)12-15-10-11-26(23,24)14-15/h5-7,9,15H,3-4,8,10-14H2,1-2H3. The minimum atomic E-state index is -2.95. The molecule has 3 rings (SSSR count). The predicted molar refractivity (Wildman–Crippen MR) is 103 cm³/mol. The van der Waals surface area contributed by atoms with Gasteiger partial charge in [0.1, 0.15) is 11.3 Å². The number of rotatable bonds is 7. The number of hydrogen-bond donors (Lipinski definition) is 0. The van der Waals surface area contributed by atoms with Gasteiger partial charge in [0.15, 0.2) is 9.84 Å². The van der Waals surface area contributed by atoms with E-state index in [0.29, 0.717) is 19.4 Å². The van der Waals surface area contributed by atoms with E-state index in [9.17, 15) is 13.2 Å². The van der Waals surface area contributed by atoms with Crippen LogP contribution < -0.4 is 0 Å². The van der Waals surface area contributed by atoms with E-state index >= 15 is 0 Å². The highest BCUT2D eigenvalue weighted by Gasteiger charge is 2.30. The predicted octanol–water partition coefficient (Wildman–Crippen LogP) is 3.56. The summed E-state index contributed by atoms with van der Waals surface area (Å²) in [4.78, 5) is 14.3. The van der Waals surface area contributed by atoms with Gasteiger partial charge in [-0.3, -0.25) is 4.79 Å². The van der Waals surface area contributed by atoms with E-state index in [1.165, 1.54) is 0 Å². The summed E-state index contributed by atoms with van der Waals surface area (Å²) in [5.74, 6) is 1.26. The summed E-state index contributed by atoms with van der Waals surface area (Å²) in [6, 6.07) is 7.93. The van der Waals surface area contributed by atoms with Crippen LogP contribution in [0.25, 0.3) is 11.0 Å². The minimum Gasteiger partial charge on any atom is -0.461 e. The molecule has 1 fully saturated rings. The second kappa shape index (κ2) is 7.82. The van der Waals surface area contributed by atoms with Gasteiger partial charge in [-0.2, -0.15) is 0 Å². The van der Waals surface area contributed by atoms with Crippen molar-refractivity contribution in [3.8, 4) is 0 Å². The number of sulfone groups is 1. The van der Waals surface area contributed by atoms with Crippen molar-refractivity contribution < 1.29 is 17.6 Å². The smallest absolute Gasteiger partial charge is 0.222 e. The van der Waals surface area contributed by atoms with E-state index < -0.39 is 9.84 Å².